The van der Waals surface area contributed by atoms with E-state index in [-0.39, 0.29) is 0 Å². The number of ether oxygens (including phenoxy) is 3. The molecule has 22 heavy (non-hydrogen) atoms. The SMILES string of the molecule is COCCC[C@@H]1CCCN(Cc2c(OC)cccc2OC)C1. The van der Waals surface area contributed by atoms with Gasteiger partial charge in [0, 0.05) is 26.8 Å². The van der Waals surface area contributed by atoms with Gasteiger partial charge in [-0.25, -0.2) is 0 Å². The molecular formula is C18H29NO3. The lowest BCUT2D eigenvalue weighted by Gasteiger charge is -2.33. The van der Waals surface area contributed by atoms with Gasteiger partial charge in [-0.2, -0.15) is 0 Å². The van der Waals surface area contributed by atoms with Gasteiger partial charge in [0.05, 0.1) is 19.8 Å². The Kier molecular flexibility index (Phi) is 7.00. The summed E-state index contributed by atoms with van der Waals surface area (Å²) in [7, 11) is 5.23. The van der Waals surface area contributed by atoms with Crippen LogP contribution in [0.3, 0.4) is 0 Å². The monoisotopic (exact) mass is 307 g/mol. The lowest BCUT2D eigenvalue weighted by atomic mass is 9.93. The van der Waals surface area contributed by atoms with E-state index in [9.17, 15) is 0 Å². The third-order valence-corrected chi connectivity index (χ3v) is 4.48. The van der Waals surface area contributed by atoms with Crippen LogP contribution >= 0.6 is 0 Å². The van der Waals surface area contributed by atoms with Gasteiger partial charge in [0.1, 0.15) is 11.5 Å². The van der Waals surface area contributed by atoms with Crippen molar-refractivity contribution in [1.82, 2.24) is 4.90 Å². The van der Waals surface area contributed by atoms with Crippen LogP contribution in [0.15, 0.2) is 18.2 Å². The third kappa shape index (κ3) is 4.62. The molecule has 1 fully saturated rings. The van der Waals surface area contributed by atoms with Crippen molar-refractivity contribution in [3.63, 3.8) is 0 Å². The molecule has 1 saturated heterocycles. The van der Waals surface area contributed by atoms with Crippen molar-refractivity contribution in [2.24, 2.45) is 5.92 Å². The van der Waals surface area contributed by atoms with Gasteiger partial charge in [0.15, 0.2) is 0 Å². The van der Waals surface area contributed by atoms with Crippen molar-refractivity contribution in [2.75, 3.05) is 41.0 Å². The molecule has 0 radical (unpaired) electrons. The van der Waals surface area contributed by atoms with E-state index in [2.05, 4.69) is 4.90 Å². The Hall–Kier alpha value is -1.26. The van der Waals surface area contributed by atoms with Crippen LogP contribution in [0, 0.1) is 5.92 Å². The number of likely N-dealkylation sites (tertiary alicyclic amines) is 1. The minimum Gasteiger partial charge on any atom is -0.496 e. The fourth-order valence-corrected chi connectivity index (χ4v) is 3.35. The average molecular weight is 307 g/mol. The molecule has 0 unspecified atom stereocenters. The number of hydrogen-bond acceptors (Lipinski definition) is 4. The summed E-state index contributed by atoms with van der Waals surface area (Å²) < 4.78 is 16.2. The Morgan fingerprint density at radius 2 is 1.86 bits per heavy atom. The second-order valence-electron chi connectivity index (χ2n) is 6.02. The van der Waals surface area contributed by atoms with Gasteiger partial charge in [-0.15, -0.1) is 0 Å². The molecule has 0 amide bonds. The molecule has 0 N–H and O–H groups in total. The van der Waals surface area contributed by atoms with Crippen LogP contribution in [0.4, 0.5) is 0 Å². The molecular weight excluding hydrogens is 278 g/mol. The molecule has 4 nitrogen and oxygen atoms in total. The molecule has 1 atom stereocenters. The molecule has 1 heterocycles. The second-order valence-corrected chi connectivity index (χ2v) is 6.02. The molecule has 2 rings (SSSR count). The molecule has 0 spiro atoms. The Morgan fingerprint density at radius 1 is 1.14 bits per heavy atom. The van der Waals surface area contributed by atoms with Crippen LogP contribution in [-0.2, 0) is 11.3 Å². The Bertz CT molecular complexity index is 428. The summed E-state index contributed by atoms with van der Waals surface area (Å²) in [5, 5.41) is 0. The van der Waals surface area contributed by atoms with Crippen LogP contribution in [0.5, 0.6) is 11.5 Å². The molecule has 1 aliphatic heterocycles. The van der Waals surface area contributed by atoms with Crippen molar-refractivity contribution in [2.45, 2.75) is 32.2 Å². The van der Waals surface area contributed by atoms with Gasteiger partial charge >= 0.3 is 0 Å². The highest BCUT2D eigenvalue weighted by molar-refractivity contribution is 5.44. The summed E-state index contributed by atoms with van der Waals surface area (Å²) in [4.78, 5) is 2.53. The van der Waals surface area contributed by atoms with E-state index in [1.54, 1.807) is 21.3 Å². The Balaban J connectivity index is 1.98. The molecule has 0 bridgehead atoms. The van der Waals surface area contributed by atoms with Gasteiger partial charge in [-0.1, -0.05) is 6.07 Å². The summed E-state index contributed by atoms with van der Waals surface area (Å²) in [6.07, 6.45) is 5.03. The van der Waals surface area contributed by atoms with Gasteiger partial charge in [0.2, 0.25) is 0 Å². The molecule has 124 valence electrons. The Morgan fingerprint density at radius 3 is 2.50 bits per heavy atom. The molecule has 1 aromatic carbocycles. The molecule has 0 aliphatic carbocycles. The van der Waals surface area contributed by atoms with E-state index in [0.717, 1.165) is 55.6 Å². The zero-order chi connectivity index (χ0) is 15.8. The number of piperidine rings is 1. The smallest absolute Gasteiger partial charge is 0.127 e. The molecule has 0 aromatic heterocycles. The van der Waals surface area contributed by atoms with Crippen molar-refractivity contribution in [3.05, 3.63) is 23.8 Å². The van der Waals surface area contributed by atoms with E-state index in [1.807, 2.05) is 18.2 Å². The number of benzene rings is 1. The third-order valence-electron chi connectivity index (χ3n) is 4.48. The predicted octanol–water partition coefficient (Wildman–Crippen LogP) is 3.34. The lowest BCUT2D eigenvalue weighted by molar-refractivity contribution is 0.141. The maximum atomic E-state index is 5.51. The summed E-state index contributed by atoms with van der Waals surface area (Å²) in [5.41, 5.74) is 1.16. The quantitative estimate of drug-likeness (QED) is 0.689. The van der Waals surface area contributed by atoms with Crippen molar-refractivity contribution < 1.29 is 14.2 Å². The van der Waals surface area contributed by atoms with Crippen molar-refractivity contribution in [3.8, 4) is 11.5 Å². The van der Waals surface area contributed by atoms with Gasteiger partial charge < -0.3 is 14.2 Å². The summed E-state index contributed by atoms with van der Waals surface area (Å²) in [5.74, 6) is 2.62. The van der Waals surface area contributed by atoms with E-state index in [1.165, 1.54) is 19.3 Å². The first-order chi connectivity index (χ1) is 10.8. The standard InChI is InChI=1S/C18H29NO3/c1-20-12-6-8-15-7-5-11-19(13-15)14-16-17(21-2)9-4-10-18(16)22-3/h4,9-10,15H,5-8,11-14H2,1-3H3/t15-/m0/s1. The van der Waals surface area contributed by atoms with Crippen LogP contribution in [0.25, 0.3) is 0 Å². The molecule has 4 heteroatoms. The van der Waals surface area contributed by atoms with E-state index in [4.69, 9.17) is 14.2 Å². The fraction of sp³-hybridized carbons (Fsp3) is 0.667. The summed E-state index contributed by atoms with van der Waals surface area (Å²) >= 11 is 0. The first kappa shape index (κ1) is 17.1. The summed E-state index contributed by atoms with van der Waals surface area (Å²) in [6, 6.07) is 6.00. The lowest BCUT2D eigenvalue weighted by Crippen LogP contribution is -2.35. The fourth-order valence-electron chi connectivity index (χ4n) is 3.35. The largest absolute Gasteiger partial charge is 0.496 e. The van der Waals surface area contributed by atoms with Gasteiger partial charge in [-0.3, -0.25) is 4.90 Å². The van der Waals surface area contributed by atoms with E-state index < -0.39 is 0 Å². The van der Waals surface area contributed by atoms with Crippen molar-refractivity contribution >= 4 is 0 Å². The number of rotatable bonds is 8. The van der Waals surface area contributed by atoms with Crippen LogP contribution in [0.2, 0.25) is 0 Å². The average Bonchev–Trinajstić information content (AvgIpc) is 2.55. The molecule has 0 saturated carbocycles. The highest BCUT2D eigenvalue weighted by Gasteiger charge is 2.22. The van der Waals surface area contributed by atoms with Crippen LogP contribution in [-0.4, -0.2) is 45.9 Å². The zero-order valence-electron chi connectivity index (χ0n) is 14.1. The van der Waals surface area contributed by atoms with Crippen LogP contribution < -0.4 is 9.47 Å². The normalized spacial score (nSPS) is 19.1. The van der Waals surface area contributed by atoms with E-state index >= 15 is 0 Å². The maximum absolute atomic E-state index is 5.51. The zero-order valence-corrected chi connectivity index (χ0v) is 14.1. The first-order valence-corrected chi connectivity index (χ1v) is 8.19. The topological polar surface area (TPSA) is 30.9 Å². The maximum Gasteiger partial charge on any atom is 0.127 e. The number of methoxy groups -OCH3 is 3. The highest BCUT2D eigenvalue weighted by Crippen LogP contribution is 2.31. The van der Waals surface area contributed by atoms with Crippen molar-refractivity contribution in [1.29, 1.82) is 0 Å². The second kappa shape index (κ2) is 9.01. The highest BCUT2D eigenvalue weighted by atomic mass is 16.5. The van der Waals surface area contributed by atoms with Crippen LogP contribution in [0.1, 0.15) is 31.2 Å². The minimum absolute atomic E-state index is 0.782. The molecule has 1 aliphatic rings. The number of hydrogen-bond donors (Lipinski definition) is 0. The molecule has 1 aromatic rings. The van der Waals surface area contributed by atoms with E-state index in [0.29, 0.717) is 0 Å². The van der Waals surface area contributed by atoms with Gasteiger partial charge in [0.25, 0.3) is 0 Å². The van der Waals surface area contributed by atoms with Gasteiger partial charge in [-0.05, 0) is 50.3 Å². The minimum atomic E-state index is 0.782. The number of nitrogens with zero attached hydrogens (tertiary/aromatic N) is 1. The first-order valence-electron chi connectivity index (χ1n) is 8.19. The Labute approximate surface area is 134 Å². The summed E-state index contributed by atoms with van der Waals surface area (Å²) in [6.45, 7) is 4.08. The predicted molar refractivity (Wildman–Crippen MR) is 88.7 cm³/mol.